The van der Waals surface area contributed by atoms with Crippen LogP contribution in [0, 0.1) is 17.8 Å². The molecule has 0 spiro atoms. The zero-order valence-electron chi connectivity index (χ0n) is 18.1. The van der Waals surface area contributed by atoms with Crippen LogP contribution in [0.4, 0.5) is 11.4 Å². The van der Waals surface area contributed by atoms with Crippen molar-refractivity contribution in [3.63, 3.8) is 0 Å². The average molecular weight is 423 g/mol. The summed E-state index contributed by atoms with van der Waals surface area (Å²) in [7, 11) is 0. The molecule has 164 valence electrons. The predicted molar refractivity (Wildman–Crippen MR) is 121 cm³/mol. The zero-order valence-corrected chi connectivity index (χ0v) is 18.1. The largest absolute Gasteiger partial charge is 0.492 e. The number of anilines is 2. The van der Waals surface area contributed by atoms with Crippen LogP contribution >= 0.6 is 0 Å². The van der Waals surface area contributed by atoms with Gasteiger partial charge in [-0.3, -0.25) is 9.59 Å². The lowest BCUT2D eigenvalue weighted by Crippen LogP contribution is -2.27. The first-order chi connectivity index (χ1) is 15.1. The fourth-order valence-electron chi connectivity index (χ4n) is 4.88. The Balaban J connectivity index is 1.58. The Morgan fingerprint density at radius 1 is 0.903 bits per heavy atom. The van der Waals surface area contributed by atoms with Crippen LogP contribution in [0.3, 0.4) is 0 Å². The Kier molecular flexibility index (Phi) is 6.44. The van der Waals surface area contributed by atoms with Gasteiger partial charge in [-0.25, -0.2) is 0 Å². The number of amides is 2. The van der Waals surface area contributed by atoms with Gasteiger partial charge in [0.1, 0.15) is 11.5 Å². The van der Waals surface area contributed by atoms with Gasteiger partial charge in [0.2, 0.25) is 5.91 Å². The highest BCUT2D eigenvalue weighted by Gasteiger charge is 2.43. The molecule has 0 aliphatic heterocycles. The summed E-state index contributed by atoms with van der Waals surface area (Å²) >= 11 is 0. The Bertz CT molecular complexity index is 944. The van der Waals surface area contributed by atoms with Crippen molar-refractivity contribution in [2.45, 2.75) is 39.5 Å². The molecule has 4 rings (SSSR count). The third-order valence-electron chi connectivity index (χ3n) is 6.30. The number of benzene rings is 2. The van der Waals surface area contributed by atoms with Gasteiger partial charge in [-0.15, -0.1) is 0 Å². The van der Waals surface area contributed by atoms with Crippen LogP contribution in [-0.4, -0.2) is 25.0 Å². The van der Waals surface area contributed by atoms with E-state index in [-0.39, 0.29) is 17.7 Å². The molecule has 2 fully saturated rings. The van der Waals surface area contributed by atoms with E-state index in [4.69, 9.17) is 9.47 Å². The van der Waals surface area contributed by atoms with Gasteiger partial charge in [-0.05, 0) is 57.1 Å². The highest BCUT2D eigenvalue weighted by Crippen LogP contribution is 2.49. The molecule has 2 aliphatic rings. The second-order valence-corrected chi connectivity index (χ2v) is 8.30. The monoisotopic (exact) mass is 422 g/mol. The molecule has 2 amide bonds. The van der Waals surface area contributed by atoms with E-state index < -0.39 is 0 Å². The minimum atomic E-state index is -0.234. The Labute approximate surface area is 183 Å². The smallest absolute Gasteiger partial charge is 0.255 e. The zero-order chi connectivity index (χ0) is 21.8. The van der Waals surface area contributed by atoms with Crippen molar-refractivity contribution >= 4 is 23.2 Å². The molecule has 2 aromatic carbocycles. The van der Waals surface area contributed by atoms with Gasteiger partial charge in [0.25, 0.3) is 5.91 Å². The fourth-order valence-corrected chi connectivity index (χ4v) is 4.88. The minimum Gasteiger partial charge on any atom is -0.492 e. The molecular weight excluding hydrogens is 392 g/mol. The summed E-state index contributed by atoms with van der Waals surface area (Å²) in [5.74, 6) is 2.10. The summed E-state index contributed by atoms with van der Waals surface area (Å²) in [5.41, 5.74) is 1.64. The SMILES string of the molecule is CCOc1cc(NC(=O)C2CC3CCC2C3)c(OCC)cc1NC(=O)c1ccccc1. The van der Waals surface area contributed by atoms with Gasteiger partial charge in [0.15, 0.2) is 0 Å². The van der Waals surface area contributed by atoms with Crippen molar-refractivity contribution in [2.75, 3.05) is 23.8 Å². The van der Waals surface area contributed by atoms with Crippen molar-refractivity contribution < 1.29 is 19.1 Å². The molecule has 0 radical (unpaired) electrons. The maximum Gasteiger partial charge on any atom is 0.255 e. The summed E-state index contributed by atoms with van der Waals surface area (Å²) in [5, 5.41) is 5.99. The summed E-state index contributed by atoms with van der Waals surface area (Å²) in [6, 6.07) is 12.5. The second kappa shape index (κ2) is 9.41. The molecule has 2 aromatic rings. The van der Waals surface area contributed by atoms with Crippen molar-refractivity contribution in [2.24, 2.45) is 17.8 Å². The van der Waals surface area contributed by atoms with E-state index in [0.717, 1.165) is 12.8 Å². The number of carbonyl (C=O) groups excluding carboxylic acids is 2. The molecule has 31 heavy (non-hydrogen) atoms. The van der Waals surface area contributed by atoms with E-state index in [0.29, 0.717) is 53.5 Å². The average Bonchev–Trinajstić information content (AvgIpc) is 3.41. The fraction of sp³-hybridized carbons (Fsp3) is 0.440. The topological polar surface area (TPSA) is 76.7 Å². The molecule has 0 saturated heterocycles. The number of nitrogens with one attached hydrogen (secondary N) is 2. The molecular formula is C25H30N2O4. The van der Waals surface area contributed by atoms with Crippen LogP contribution in [-0.2, 0) is 4.79 Å². The molecule has 3 atom stereocenters. The lowest BCUT2D eigenvalue weighted by atomic mass is 9.88. The van der Waals surface area contributed by atoms with E-state index in [9.17, 15) is 9.59 Å². The first-order valence-corrected chi connectivity index (χ1v) is 11.2. The quantitative estimate of drug-likeness (QED) is 0.620. The van der Waals surface area contributed by atoms with Gasteiger partial charge in [0.05, 0.1) is 24.6 Å². The van der Waals surface area contributed by atoms with Crippen LogP contribution in [0.2, 0.25) is 0 Å². The van der Waals surface area contributed by atoms with E-state index in [1.54, 1.807) is 24.3 Å². The summed E-state index contributed by atoms with van der Waals surface area (Å²) in [4.78, 5) is 25.7. The van der Waals surface area contributed by atoms with E-state index in [1.165, 1.54) is 12.8 Å². The van der Waals surface area contributed by atoms with E-state index >= 15 is 0 Å². The van der Waals surface area contributed by atoms with Crippen LogP contribution in [0.15, 0.2) is 42.5 Å². The van der Waals surface area contributed by atoms with Crippen LogP contribution in [0.25, 0.3) is 0 Å². The molecule has 2 bridgehead atoms. The first kappa shape index (κ1) is 21.2. The summed E-state index contributed by atoms with van der Waals surface area (Å²) in [6.07, 6.45) is 4.55. The van der Waals surface area contributed by atoms with E-state index in [1.807, 2.05) is 32.0 Å². The first-order valence-electron chi connectivity index (χ1n) is 11.2. The number of hydrogen-bond acceptors (Lipinski definition) is 4. The van der Waals surface area contributed by atoms with Crippen molar-refractivity contribution in [3.05, 3.63) is 48.0 Å². The van der Waals surface area contributed by atoms with Crippen molar-refractivity contribution in [1.29, 1.82) is 0 Å². The Hall–Kier alpha value is -3.02. The maximum absolute atomic E-state index is 13.0. The highest BCUT2D eigenvalue weighted by atomic mass is 16.5. The van der Waals surface area contributed by atoms with Crippen LogP contribution in [0.5, 0.6) is 11.5 Å². The third-order valence-corrected chi connectivity index (χ3v) is 6.30. The molecule has 0 aromatic heterocycles. The van der Waals surface area contributed by atoms with Gasteiger partial charge >= 0.3 is 0 Å². The molecule has 2 N–H and O–H groups in total. The minimum absolute atomic E-state index is 0.0525. The molecule has 6 heteroatoms. The third kappa shape index (κ3) is 4.68. The summed E-state index contributed by atoms with van der Waals surface area (Å²) in [6.45, 7) is 4.64. The van der Waals surface area contributed by atoms with Gasteiger partial charge in [-0.1, -0.05) is 24.6 Å². The predicted octanol–water partition coefficient (Wildman–Crippen LogP) is 5.11. The van der Waals surface area contributed by atoms with E-state index in [2.05, 4.69) is 10.6 Å². The molecule has 6 nitrogen and oxygen atoms in total. The second-order valence-electron chi connectivity index (χ2n) is 8.30. The normalized spacial score (nSPS) is 21.5. The van der Waals surface area contributed by atoms with Crippen molar-refractivity contribution in [3.8, 4) is 11.5 Å². The molecule has 2 saturated carbocycles. The molecule has 0 heterocycles. The number of rotatable bonds is 8. The number of fused-ring (bicyclic) bond motifs is 2. The number of hydrogen-bond donors (Lipinski definition) is 2. The number of carbonyl (C=O) groups is 2. The highest BCUT2D eigenvalue weighted by molar-refractivity contribution is 6.05. The Morgan fingerprint density at radius 2 is 1.55 bits per heavy atom. The van der Waals surface area contributed by atoms with Gasteiger partial charge in [0, 0.05) is 23.6 Å². The van der Waals surface area contributed by atoms with Crippen LogP contribution < -0.4 is 20.1 Å². The standard InChI is InChI=1S/C25H30N2O4/c1-3-30-22-15-21(27-25(29)19-13-16-10-11-18(19)12-16)23(31-4-2)14-20(22)26-24(28)17-8-6-5-7-9-17/h5-9,14-16,18-19H,3-4,10-13H2,1-2H3,(H,26,28)(H,27,29). The number of ether oxygens (including phenoxy) is 2. The summed E-state index contributed by atoms with van der Waals surface area (Å²) < 4.78 is 11.6. The van der Waals surface area contributed by atoms with Gasteiger partial charge in [-0.2, -0.15) is 0 Å². The molecule has 2 aliphatic carbocycles. The Morgan fingerprint density at radius 3 is 2.10 bits per heavy atom. The molecule has 3 unspecified atom stereocenters. The van der Waals surface area contributed by atoms with Crippen LogP contribution in [0.1, 0.15) is 49.9 Å². The lowest BCUT2D eigenvalue weighted by Gasteiger charge is -2.22. The lowest BCUT2D eigenvalue weighted by molar-refractivity contribution is -0.121. The van der Waals surface area contributed by atoms with Gasteiger partial charge < -0.3 is 20.1 Å². The van der Waals surface area contributed by atoms with Crippen molar-refractivity contribution in [1.82, 2.24) is 0 Å². The maximum atomic E-state index is 13.0.